The Morgan fingerprint density at radius 2 is 1.56 bits per heavy atom. The van der Waals surface area contributed by atoms with E-state index in [0.717, 1.165) is 56.8 Å². The van der Waals surface area contributed by atoms with Crippen molar-refractivity contribution in [3.8, 4) is 5.69 Å². The van der Waals surface area contributed by atoms with Crippen LogP contribution in [0.1, 0.15) is 17.0 Å². The standard InChI is InChI=1S/C25H29BrN4O2/c1-16-14-19(26)15-17(2)23(16)30-21-9-7-6-8-20(21)22-24(27-18(3)28-25(22)30)29(10-12-31-4)11-13-32-5/h6-9,14-15H,10-13H2,1-5H3. The number of halogens is 1. The number of fused-ring (bicyclic) bond motifs is 3. The molecule has 0 aliphatic heterocycles. The van der Waals surface area contributed by atoms with Crippen LogP contribution in [0.2, 0.25) is 0 Å². The molecule has 0 fully saturated rings. The molecular formula is C25H29BrN4O2. The van der Waals surface area contributed by atoms with Crippen LogP contribution in [0.25, 0.3) is 27.6 Å². The van der Waals surface area contributed by atoms with E-state index in [4.69, 9.17) is 19.4 Å². The summed E-state index contributed by atoms with van der Waals surface area (Å²) >= 11 is 3.64. The predicted molar refractivity (Wildman–Crippen MR) is 134 cm³/mol. The summed E-state index contributed by atoms with van der Waals surface area (Å²) in [5.41, 5.74) is 5.57. The van der Waals surface area contributed by atoms with E-state index < -0.39 is 0 Å². The maximum Gasteiger partial charge on any atom is 0.151 e. The highest BCUT2D eigenvalue weighted by Gasteiger charge is 2.23. The van der Waals surface area contributed by atoms with Gasteiger partial charge >= 0.3 is 0 Å². The van der Waals surface area contributed by atoms with Gasteiger partial charge in [-0.25, -0.2) is 9.97 Å². The molecule has 168 valence electrons. The second-order valence-electron chi connectivity index (χ2n) is 8.01. The van der Waals surface area contributed by atoms with Crippen LogP contribution in [0.4, 0.5) is 5.82 Å². The molecule has 2 aromatic heterocycles. The minimum Gasteiger partial charge on any atom is -0.383 e. The highest BCUT2D eigenvalue weighted by atomic mass is 79.9. The monoisotopic (exact) mass is 496 g/mol. The molecule has 2 aromatic carbocycles. The lowest BCUT2D eigenvalue weighted by Gasteiger charge is -2.24. The molecule has 0 bridgehead atoms. The van der Waals surface area contributed by atoms with Gasteiger partial charge in [0.05, 0.1) is 29.8 Å². The van der Waals surface area contributed by atoms with Crippen molar-refractivity contribution in [1.82, 2.24) is 14.5 Å². The quantitative estimate of drug-likeness (QED) is 0.328. The van der Waals surface area contributed by atoms with Crippen molar-refractivity contribution < 1.29 is 9.47 Å². The van der Waals surface area contributed by atoms with Crippen LogP contribution in [0.5, 0.6) is 0 Å². The van der Waals surface area contributed by atoms with Gasteiger partial charge in [-0.05, 0) is 50.1 Å². The second kappa shape index (κ2) is 9.57. The van der Waals surface area contributed by atoms with Gasteiger partial charge < -0.3 is 14.4 Å². The Morgan fingerprint density at radius 1 is 0.938 bits per heavy atom. The van der Waals surface area contributed by atoms with Gasteiger partial charge in [0.2, 0.25) is 0 Å². The molecule has 0 saturated heterocycles. The summed E-state index contributed by atoms with van der Waals surface area (Å²) in [6.45, 7) is 8.91. The number of benzene rings is 2. The maximum absolute atomic E-state index is 5.39. The Hall–Kier alpha value is -2.48. The molecule has 0 spiro atoms. The number of methoxy groups -OCH3 is 2. The van der Waals surface area contributed by atoms with E-state index >= 15 is 0 Å². The normalized spacial score (nSPS) is 11.6. The number of hydrogen-bond donors (Lipinski definition) is 0. The number of para-hydroxylation sites is 1. The van der Waals surface area contributed by atoms with Gasteiger partial charge in [-0.15, -0.1) is 0 Å². The highest BCUT2D eigenvalue weighted by molar-refractivity contribution is 9.10. The van der Waals surface area contributed by atoms with Crippen LogP contribution in [0.3, 0.4) is 0 Å². The van der Waals surface area contributed by atoms with Crippen LogP contribution in [-0.4, -0.2) is 55.1 Å². The van der Waals surface area contributed by atoms with Crippen LogP contribution in [0, 0.1) is 20.8 Å². The molecule has 6 nitrogen and oxygen atoms in total. The molecule has 2 heterocycles. The zero-order chi connectivity index (χ0) is 22.8. The summed E-state index contributed by atoms with van der Waals surface area (Å²) in [5, 5.41) is 2.19. The topological polar surface area (TPSA) is 52.4 Å². The van der Waals surface area contributed by atoms with Crippen molar-refractivity contribution >= 4 is 43.7 Å². The molecule has 0 radical (unpaired) electrons. The summed E-state index contributed by atoms with van der Waals surface area (Å²) in [5.74, 6) is 1.66. The van der Waals surface area contributed by atoms with Gasteiger partial charge in [0.1, 0.15) is 11.6 Å². The maximum atomic E-state index is 5.39. The first-order valence-corrected chi connectivity index (χ1v) is 11.5. The minimum absolute atomic E-state index is 0.609. The molecule has 0 unspecified atom stereocenters. The summed E-state index contributed by atoms with van der Waals surface area (Å²) in [4.78, 5) is 12.1. The minimum atomic E-state index is 0.609. The van der Waals surface area contributed by atoms with Gasteiger partial charge in [-0.2, -0.15) is 0 Å². The van der Waals surface area contributed by atoms with Crippen molar-refractivity contribution in [3.63, 3.8) is 0 Å². The molecule has 0 saturated carbocycles. The fourth-order valence-electron chi connectivity index (χ4n) is 4.38. The lowest BCUT2D eigenvalue weighted by Crippen LogP contribution is -2.31. The molecule has 4 rings (SSSR count). The molecule has 32 heavy (non-hydrogen) atoms. The van der Waals surface area contributed by atoms with E-state index in [-0.39, 0.29) is 0 Å². The van der Waals surface area contributed by atoms with Crippen LogP contribution in [0.15, 0.2) is 40.9 Å². The molecular weight excluding hydrogens is 468 g/mol. The highest BCUT2D eigenvalue weighted by Crippen LogP contribution is 2.38. The molecule has 0 aliphatic rings. The van der Waals surface area contributed by atoms with Crippen molar-refractivity contribution in [3.05, 3.63) is 57.8 Å². The van der Waals surface area contributed by atoms with Crippen molar-refractivity contribution in [2.24, 2.45) is 0 Å². The Labute approximate surface area is 197 Å². The van der Waals surface area contributed by atoms with Gasteiger partial charge in [-0.1, -0.05) is 34.1 Å². The van der Waals surface area contributed by atoms with E-state index in [9.17, 15) is 0 Å². The smallest absolute Gasteiger partial charge is 0.151 e. The van der Waals surface area contributed by atoms with Gasteiger partial charge in [-0.3, -0.25) is 4.57 Å². The summed E-state index contributed by atoms with van der Waals surface area (Å²) in [6.07, 6.45) is 0. The second-order valence-corrected chi connectivity index (χ2v) is 8.92. The summed E-state index contributed by atoms with van der Waals surface area (Å²) in [7, 11) is 3.44. The average molecular weight is 497 g/mol. The SMILES string of the molecule is COCCN(CCOC)c1nc(C)nc2c1c1ccccc1n2-c1c(C)cc(Br)cc1C. The van der Waals surface area contributed by atoms with Gasteiger partial charge in [0.15, 0.2) is 5.65 Å². The number of aromatic nitrogens is 3. The predicted octanol–water partition coefficient (Wildman–Crippen LogP) is 5.36. The van der Waals surface area contributed by atoms with Crippen LogP contribution >= 0.6 is 15.9 Å². The number of ether oxygens (including phenoxy) is 2. The molecule has 7 heteroatoms. The Balaban J connectivity index is 2.08. The van der Waals surface area contributed by atoms with Crippen LogP contribution < -0.4 is 4.90 Å². The van der Waals surface area contributed by atoms with Gasteiger partial charge in [0.25, 0.3) is 0 Å². The summed E-state index contributed by atoms with van der Waals surface area (Å²) < 4.78 is 14.1. The molecule has 0 amide bonds. The first-order chi connectivity index (χ1) is 15.5. The fourth-order valence-corrected chi connectivity index (χ4v) is 5.06. The Morgan fingerprint density at radius 3 is 2.19 bits per heavy atom. The number of aryl methyl sites for hydroxylation is 3. The first-order valence-electron chi connectivity index (χ1n) is 10.7. The Bertz CT molecular complexity index is 1240. The molecule has 0 N–H and O–H groups in total. The first kappa shape index (κ1) is 22.7. The lowest BCUT2D eigenvalue weighted by atomic mass is 10.1. The van der Waals surface area contributed by atoms with E-state index in [1.54, 1.807) is 14.2 Å². The third-order valence-corrected chi connectivity index (χ3v) is 6.18. The van der Waals surface area contributed by atoms with Crippen molar-refractivity contribution in [2.75, 3.05) is 45.4 Å². The summed E-state index contributed by atoms with van der Waals surface area (Å²) in [6, 6.07) is 12.8. The van der Waals surface area contributed by atoms with Crippen LogP contribution in [-0.2, 0) is 9.47 Å². The van der Waals surface area contributed by atoms with E-state index in [1.807, 2.05) is 6.92 Å². The number of rotatable bonds is 8. The van der Waals surface area contributed by atoms with Crippen molar-refractivity contribution in [1.29, 1.82) is 0 Å². The zero-order valence-corrected chi connectivity index (χ0v) is 20.9. The molecule has 0 aliphatic carbocycles. The van der Waals surface area contributed by atoms with Crippen molar-refractivity contribution in [2.45, 2.75) is 20.8 Å². The number of hydrogen-bond acceptors (Lipinski definition) is 5. The van der Waals surface area contributed by atoms with Gasteiger partial charge in [0, 0.05) is 37.2 Å². The average Bonchev–Trinajstić information content (AvgIpc) is 3.07. The number of nitrogens with zero attached hydrogens (tertiary/aromatic N) is 4. The molecule has 4 aromatic rings. The Kier molecular flexibility index (Phi) is 6.79. The number of anilines is 1. The third-order valence-electron chi connectivity index (χ3n) is 5.72. The van der Waals surface area contributed by atoms with E-state index in [0.29, 0.717) is 13.2 Å². The molecule has 0 atom stereocenters. The van der Waals surface area contributed by atoms with E-state index in [2.05, 4.69) is 75.6 Å². The fraction of sp³-hybridized carbons (Fsp3) is 0.360. The zero-order valence-electron chi connectivity index (χ0n) is 19.3. The lowest BCUT2D eigenvalue weighted by molar-refractivity contribution is 0.190. The largest absolute Gasteiger partial charge is 0.383 e. The van der Waals surface area contributed by atoms with E-state index in [1.165, 1.54) is 11.1 Å². The third kappa shape index (κ3) is 4.12.